The molecule has 1 saturated heterocycles. The van der Waals surface area contributed by atoms with Gasteiger partial charge in [-0.15, -0.1) is 11.3 Å². The molecule has 1 aliphatic heterocycles. The van der Waals surface area contributed by atoms with Crippen molar-refractivity contribution in [1.82, 2.24) is 15.8 Å². The van der Waals surface area contributed by atoms with Crippen LogP contribution in [0.2, 0.25) is 0 Å². The quantitative estimate of drug-likeness (QED) is 0.630. The lowest BCUT2D eigenvalue weighted by molar-refractivity contribution is -0.118. The van der Waals surface area contributed by atoms with E-state index in [4.69, 9.17) is 4.74 Å². The Bertz CT molecular complexity index is 870. The summed E-state index contributed by atoms with van der Waals surface area (Å²) in [6, 6.07) is 10.2. The number of amides is 1. The van der Waals surface area contributed by atoms with Crippen LogP contribution in [0.3, 0.4) is 0 Å². The molecule has 2 aromatic rings. The third kappa shape index (κ3) is 4.49. The van der Waals surface area contributed by atoms with Gasteiger partial charge in [0.15, 0.2) is 10.8 Å². The van der Waals surface area contributed by atoms with E-state index in [0.717, 1.165) is 30.6 Å². The molecule has 2 fully saturated rings. The van der Waals surface area contributed by atoms with Gasteiger partial charge < -0.3 is 10.1 Å². The van der Waals surface area contributed by atoms with E-state index in [1.807, 2.05) is 18.2 Å². The van der Waals surface area contributed by atoms with Crippen molar-refractivity contribution in [3.63, 3.8) is 0 Å². The zero-order valence-corrected chi connectivity index (χ0v) is 17.3. The molecule has 1 aromatic carbocycles. The highest BCUT2D eigenvalue weighted by Crippen LogP contribution is 2.31. The average molecular weight is 415 g/mol. The van der Waals surface area contributed by atoms with Crippen molar-refractivity contribution >= 4 is 28.3 Å². The van der Waals surface area contributed by atoms with E-state index in [9.17, 15) is 9.59 Å². The minimum absolute atomic E-state index is 0.105. The number of aryl methyl sites for hydroxylation is 2. The molecule has 0 spiro atoms. The van der Waals surface area contributed by atoms with Crippen LogP contribution in [-0.2, 0) is 22.4 Å². The number of fused-ring (bicyclic) bond motifs is 1. The lowest BCUT2D eigenvalue weighted by Crippen LogP contribution is -2.42. The van der Waals surface area contributed by atoms with Gasteiger partial charge in [-0.2, -0.15) is 0 Å². The van der Waals surface area contributed by atoms with Gasteiger partial charge in [0.25, 0.3) is 0 Å². The van der Waals surface area contributed by atoms with E-state index < -0.39 is 5.97 Å². The van der Waals surface area contributed by atoms with E-state index >= 15 is 0 Å². The molecule has 0 radical (unpaired) electrons. The molecule has 2 heterocycles. The monoisotopic (exact) mass is 414 g/mol. The Morgan fingerprint density at radius 1 is 1.17 bits per heavy atom. The van der Waals surface area contributed by atoms with Crippen LogP contribution in [0, 0.1) is 5.92 Å². The number of aromatic nitrogens is 1. The Hall–Kier alpha value is -2.29. The fourth-order valence-corrected chi connectivity index (χ4v) is 5.17. The van der Waals surface area contributed by atoms with Gasteiger partial charge in [-0.25, -0.2) is 15.2 Å². The SMILES string of the molecule is COC(=O)c1nc(NC(=O)C2NNC3CCCCC32)sc1CCc1ccccc1. The summed E-state index contributed by atoms with van der Waals surface area (Å²) in [5.41, 5.74) is 7.88. The van der Waals surface area contributed by atoms with Gasteiger partial charge in [0.05, 0.1) is 7.11 Å². The third-order valence-corrected chi connectivity index (χ3v) is 6.77. The van der Waals surface area contributed by atoms with Crippen molar-refractivity contribution in [3.05, 3.63) is 46.5 Å². The van der Waals surface area contributed by atoms with E-state index in [-0.39, 0.29) is 17.6 Å². The largest absolute Gasteiger partial charge is 0.464 e. The number of hydrogen-bond acceptors (Lipinski definition) is 7. The minimum atomic E-state index is -0.474. The molecular formula is C21H26N4O3S. The topological polar surface area (TPSA) is 92.3 Å². The van der Waals surface area contributed by atoms with Crippen molar-refractivity contribution in [2.45, 2.75) is 50.6 Å². The second-order valence-electron chi connectivity index (χ2n) is 7.58. The van der Waals surface area contributed by atoms with Gasteiger partial charge in [0, 0.05) is 16.8 Å². The smallest absolute Gasteiger partial charge is 0.357 e. The van der Waals surface area contributed by atoms with E-state index in [1.54, 1.807) is 0 Å². The summed E-state index contributed by atoms with van der Waals surface area (Å²) in [4.78, 5) is 30.2. The highest BCUT2D eigenvalue weighted by molar-refractivity contribution is 7.16. The Labute approximate surface area is 174 Å². The molecule has 1 aliphatic carbocycles. The highest BCUT2D eigenvalue weighted by Gasteiger charge is 2.41. The van der Waals surface area contributed by atoms with Crippen LogP contribution < -0.4 is 16.2 Å². The highest BCUT2D eigenvalue weighted by atomic mass is 32.1. The molecule has 3 N–H and O–H groups in total. The number of hydrogen-bond donors (Lipinski definition) is 3. The number of ether oxygens (including phenoxy) is 1. The van der Waals surface area contributed by atoms with Gasteiger partial charge in [-0.3, -0.25) is 10.2 Å². The summed E-state index contributed by atoms with van der Waals surface area (Å²) in [7, 11) is 1.35. The van der Waals surface area contributed by atoms with E-state index in [2.05, 4.69) is 33.3 Å². The number of benzene rings is 1. The maximum absolute atomic E-state index is 12.8. The molecule has 3 atom stereocenters. The number of thiazole rings is 1. The molecule has 1 amide bonds. The second-order valence-corrected chi connectivity index (χ2v) is 8.66. The summed E-state index contributed by atoms with van der Waals surface area (Å²) in [5.74, 6) is -0.286. The number of carbonyl (C=O) groups excluding carboxylic acids is 2. The Morgan fingerprint density at radius 3 is 2.76 bits per heavy atom. The molecule has 3 unspecified atom stereocenters. The fourth-order valence-electron chi connectivity index (χ4n) is 4.22. The Morgan fingerprint density at radius 2 is 1.97 bits per heavy atom. The van der Waals surface area contributed by atoms with Crippen LogP contribution >= 0.6 is 11.3 Å². The molecule has 0 bridgehead atoms. The summed E-state index contributed by atoms with van der Waals surface area (Å²) in [5, 5.41) is 3.36. The van der Waals surface area contributed by atoms with Gasteiger partial charge in [0.1, 0.15) is 6.04 Å². The molecule has 154 valence electrons. The molecule has 4 rings (SSSR count). The molecule has 7 nitrogen and oxygen atoms in total. The summed E-state index contributed by atoms with van der Waals surface area (Å²) in [6.07, 6.45) is 5.94. The zero-order chi connectivity index (χ0) is 20.2. The van der Waals surface area contributed by atoms with Gasteiger partial charge in [0.2, 0.25) is 5.91 Å². The van der Waals surface area contributed by atoms with E-state index in [0.29, 0.717) is 23.5 Å². The number of rotatable bonds is 6. The zero-order valence-electron chi connectivity index (χ0n) is 16.4. The molecule has 1 saturated carbocycles. The van der Waals surface area contributed by atoms with Crippen molar-refractivity contribution in [3.8, 4) is 0 Å². The molecule has 29 heavy (non-hydrogen) atoms. The number of esters is 1. The standard InChI is InChI=1S/C21H26N4O3S/c1-28-20(27)18-16(12-11-13-7-3-2-4-8-13)29-21(22-18)23-19(26)17-14-9-5-6-10-15(14)24-25-17/h2-4,7-8,14-15,17,24-25H,5-6,9-12H2,1H3,(H,22,23,26). The maximum Gasteiger partial charge on any atom is 0.357 e. The molecular weight excluding hydrogens is 388 g/mol. The van der Waals surface area contributed by atoms with Crippen LogP contribution in [0.25, 0.3) is 0 Å². The summed E-state index contributed by atoms with van der Waals surface area (Å²) in [6.45, 7) is 0. The lowest BCUT2D eigenvalue weighted by atomic mass is 9.81. The second kappa shape index (κ2) is 9.02. The van der Waals surface area contributed by atoms with Crippen molar-refractivity contribution in [2.24, 2.45) is 5.92 Å². The van der Waals surface area contributed by atoms with Gasteiger partial charge >= 0.3 is 5.97 Å². The number of anilines is 1. The number of nitrogens with zero attached hydrogens (tertiary/aromatic N) is 1. The lowest BCUT2D eigenvalue weighted by Gasteiger charge is -2.26. The van der Waals surface area contributed by atoms with E-state index in [1.165, 1.54) is 30.4 Å². The number of methoxy groups -OCH3 is 1. The van der Waals surface area contributed by atoms with Crippen molar-refractivity contribution in [1.29, 1.82) is 0 Å². The predicted octanol–water partition coefficient (Wildman–Crippen LogP) is 2.69. The van der Waals surface area contributed by atoms with Crippen LogP contribution in [-0.4, -0.2) is 36.1 Å². The predicted molar refractivity (Wildman–Crippen MR) is 112 cm³/mol. The van der Waals surface area contributed by atoms with Crippen LogP contribution in [0.4, 0.5) is 5.13 Å². The molecule has 2 aliphatic rings. The summed E-state index contributed by atoms with van der Waals surface area (Å²) < 4.78 is 4.89. The third-order valence-electron chi connectivity index (χ3n) is 5.74. The molecule has 8 heteroatoms. The number of nitrogens with one attached hydrogen (secondary N) is 3. The maximum atomic E-state index is 12.8. The van der Waals surface area contributed by atoms with Crippen LogP contribution in [0.5, 0.6) is 0 Å². The normalized spacial score (nSPS) is 23.4. The van der Waals surface area contributed by atoms with Crippen LogP contribution in [0.15, 0.2) is 30.3 Å². The molecule has 1 aromatic heterocycles. The number of hydrazine groups is 1. The first-order valence-corrected chi connectivity index (χ1v) is 10.9. The minimum Gasteiger partial charge on any atom is -0.464 e. The average Bonchev–Trinajstić information content (AvgIpc) is 3.36. The first kappa shape index (κ1) is 20.0. The van der Waals surface area contributed by atoms with Gasteiger partial charge in [-0.1, -0.05) is 43.2 Å². The van der Waals surface area contributed by atoms with Crippen molar-refractivity contribution in [2.75, 3.05) is 12.4 Å². The van der Waals surface area contributed by atoms with Gasteiger partial charge in [-0.05, 0) is 31.2 Å². The Balaban J connectivity index is 1.46. The van der Waals surface area contributed by atoms with Crippen molar-refractivity contribution < 1.29 is 14.3 Å². The summed E-state index contributed by atoms with van der Waals surface area (Å²) >= 11 is 1.35. The van der Waals surface area contributed by atoms with Crippen LogP contribution in [0.1, 0.15) is 46.6 Å². The first-order chi connectivity index (χ1) is 14.2. The number of carbonyl (C=O) groups is 2. The Kier molecular flexibility index (Phi) is 6.22. The fraction of sp³-hybridized carbons (Fsp3) is 0.476. The first-order valence-electron chi connectivity index (χ1n) is 10.1.